The maximum absolute atomic E-state index is 4.70. The summed E-state index contributed by atoms with van der Waals surface area (Å²) in [4.78, 5) is 10.1. The minimum Gasteiger partial charge on any atom is -0.352 e. The molecule has 3 rings (SSSR count). The standard InChI is InChI=1S/C20H26N6S/c1-13-16(4)27-19(24-13)12-23-20(21-5)22-11-18-14(2)25-26(15(18)3)17-9-7-6-8-10-17/h6-10H,11-12H2,1-5H3,(H2,21,22,23). The highest BCUT2D eigenvalue weighted by Gasteiger charge is 2.13. The van der Waals surface area contributed by atoms with Gasteiger partial charge in [0, 0.05) is 29.7 Å². The van der Waals surface area contributed by atoms with Crippen molar-refractivity contribution in [2.45, 2.75) is 40.8 Å². The van der Waals surface area contributed by atoms with E-state index in [0.717, 1.165) is 33.7 Å². The summed E-state index contributed by atoms with van der Waals surface area (Å²) in [6.07, 6.45) is 0. The molecule has 0 aliphatic heterocycles. The van der Waals surface area contributed by atoms with Crippen LogP contribution in [0.5, 0.6) is 0 Å². The number of hydrogen-bond donors (Lipinski definition) is 2. The number of aliphatic imine (C=N–C) groups is 1. The van der Waals surface area contributed by atoms with Crippen molar-refractivity contribution in [1.82, 2.24) is 25.4 Å². The van der Waals surface area contributed by atoms with Crippen molar-refractivity contribution in [2.24, 2.45) is 4.99 Å². The average Bonchev–Trinajstić information content (AvgIpc) is 3.14. The van der Waals surface area contributed by atoms with E-state index in [9.17, 15) is 0 Å². The van der Waals surface area contributed by atoms with Crippen LogP contribution in [0.15, 0.2) is 35.3 Å². The van der Waals surface area contributed by atoms with Gasteiger partial charge in [-0.15, -0.1) is 11.3 Å². The van der Waals surface area contributed by atoms with Crippen LogP contribution in [0.4, 0.5) is 0 Å². The molecule has 27 heavy (non-hydrogen) atoms. The van der Waals surface area contributed by atoms with E-state index in [0.29, 0.717) is 13.1 Å². The average molecular weight is 383 g/mol. The van der Waals surface area contributed by atoms with Crippen LogP contribution in [0.25, 0.3) is 5.69 Å². The SMILES string of the molecule is CN=C(NCc1nc(C)c(C)s1)NCc1c(C)nn(-c2ccccc2)c1C. The Kier molecular flexibility index (Phi) is 5.91. The van der Waals surface area contributed by atoms with Crippen molar-refractivity contribution in [3.05, 3.63) is 62.9 Å². The lowest BCUT2D eigenvalue weighted by molar-refractivity contribution is 0.796. The number of aromatic nitrogens is 3. The fraction of sp³-hybridized carbons (Fsp3) is 0.350. The van der Waals surface area contributed by atoms with E-state index in [2.05, 4.69) is 46.6 Å². The van der Waals surface area contributed by atoms with Crippen LogP contribution >= 0.6 is 11.3 Å². The molecule has 2 aromatic heterocycles. The van der Waals surface area contributed by atoms with Crippen molar-refractivity contribution in [3.63, 3.8) is 0 Å². The van der Waals surface area contributed by atoms with Crippen LogP contribution in [0.3, 0.4) is 0 Å². The highest BCUT2D eigenvalue weighted by Crippen LogP contribution is 2.18. The third kappa shape index (κ3) is 4.36. The Morgan fingerprint density at radius 2 is 1.74 bits per heavy atom. The summed E-state index contributed by atoms with van der Waals surface area (Å²) in [6, 6.07) is 10.2. The molecular formula is C20H26N6S. The summed E-state index contributed by atoms with van der Waals surface area (Å²) in [5, 5.41) is 12.5. The van der Waals surface area contributed by atoms with Gasteiger partial charge < -0.3 is 10.6 Å². The van der Waals surface area contributed by atoms with Crippen LogP contribution in [-0.4, -0.2) is 27.8 Å². The molecule has 0 aliphatic rings. The van der Waals surface area contributed by atoms with Crippen molar-refractivity contribution < 1.29 is 0 Å². The van der Waals surface area contributed by atoms with Gasteiger partial charge in [-0.25, -0.2) is 9.67 Å². The summed E-state index contributed by atoms with van der Waals surface area (Å²) in [5.74, 6) is 0.756. The first-order chi connectivity index (χ1) is 13.0. The van der Waals surface area contributed by atoms with Gasteiger partial charge in [0.05, 0.1) is 23.6 Å². The third-order valence-corrected chi connectivity index (χ3v) is 5.65. The zero-order valence-corrected chi connectivity index (χ0v) is 17.3. The predicted octanol–water partition coefficient (Wildman–Crippen LogP) is 3.43. The van der Waals surface area contributed by atoms with Crippen LogP contribution < -0.4 is 10.6 Å². The summed E-state index contributed by atoms with van der Waals surface area (Å²) in [7, 11) is 1.78. The number of hydrogen-bond acceptors (Lipinski definition) is 4. The van der Waals surface area contributed by atoms with Gasteiger partial charge in [-0.1, -0.05) is 18.2 Å². The Morgan fingerprint density at radius 3 is 2.37 bits per heavy atom. The molecule has 7 heteroatoms. The van der Waals surface area contributed by atoms with Crippen molar-refractivity contribution in [1.29, 1.82) is 0 Å². The van der Waals surface area contributed by atoms with E-state index in [1.165, 1.54) is 10.4 Å². The topological polar surface area (TPSA) is 67.1 Å². The predicted molar refractivity (Wildman–Crippen MR) is 112 cm³/mol. The fourth-order valence-electron chi connectivity index (χ4n) is 2.92. The highest BCUT2D eigenvalue weighted by atomic mass is 32.1. The summed E-state index contributed by atoms with van der Waals surface area (Å²) < 4.78 is 1.99. The van der Waals surface area contributed by atoms with Gasteiger partial charge in [-0.3, -0.25) is 4.99 Å². The molecule has 0 unspecified atom stereocenters. The molecule has 0 fully saturated rings. The maximum Gasteiger partial charge on any atom is 0.191 e. The van der Waals surface area contributed by atoms with E-state index in [1.807, 2.05) is 36.7 Å². The maximum atomic E-state index is 4.70. The molecule has 3 aromatic rings. The molecular weight excluding hydrogens is 356 g/mol. The molecule has 2 N–H and O–H groups in total. The first-order valence-electron chi connectivity index (χ1n) is 8.97. The number of benzene rings is 1. The number of thiazole rings is 1. The summed E-state index contributed by atoms with van der Waals surface area (Å²) in [6.45, 7) is 9.61. The number of nitrogens with zero attached hydrogens (tertiary/aromatic N) is 4. The first kappa shape index (κ1) is 19.1. The van der Waals surface area contributed by atoms with Crippen LogP contribution in [0, 0.1) is 27.7 Å². The number of para-hydroxylation sites is 1. The lowest BCUT2D eigenvalue weighted by Crippen LogP contribution is -2.36. The molecule has 1 aromatic carbocycles. The summed E-state index contributed by atoms with van der Waals surface area (Å²) in [5.41, 5.74) is 5.50. The second kappa shape index (κ2) is 8.35. The Morgan fingerprint density at radius 1 is 1.04 bits per heavy atom. The molecule has 142 valence electrons. The Bertz CT molecular complexity index is 920. The van der Waals surface area contributed by atoms with Crippen molar-refractivity contribution in [3.8, 4) is 5.69 Å². The number of nitrogens with one attached hydrogen (secondary N) is 2. The van der Waals surface area contributed by atoms with Crippen molar-refractivity contribution >= 4 is 17.3 Å². The highest BCUT2D eigenvalue weighted by molar-refractivity contribution is 7.11. The molecule has 0 amide bonds. The molecule has 2 heterocycles. The van der Waals surface area contributed by atoms with E-state index in [1.54, 1.807) is 18.4 Å². The lowest BCUT2D eigenvalue weighted by Gasteiger charge is -2.11. The molecule has 6 nitrogen and oxygen atoms in total. The zero-order chi connectivity index (χ0) is 19.4. The van der Waals surface area contributed by atoms with Gasteiger partial charge in [-0.05, 0) is 39.8 Å². The second-order valence-electron chi connectivity index (χ2n) is 6.43. The molecule has 0 bridgehead atoms. The van der Waals surface area contributed by atoms with E-state index in [-0.39, 0.29) is 0 Å². The van der Waals surface area contributed by atoms with Crippen LogP contribution in [0.2, 0.25) is 0 Å². The molecule has 0 saturated carbocycles. The number of aryl methyl sites for hydroxylation is 3. The van der Waals surface area contributed by atoms with Gasteiger partial charge >= 0.3 is 0 Å². The Hall–Kier alpha value is -2.67. The summed E-state index contributed by atoms with van der Waals surface area (Å²) >= 11 is 1.72. The zero-order valence-electron chi connectivity index (χ0n) is 16.5. The lowest BCUT2D eigenvalue weighted by atomic mass is 10.2. The fourth-order valence-corrected chi connectivity index (χ4v) is 3.79. The number of guanidine groups is 1. The van der Waals surface area contributed by atoms with Gasteiger partial charge in [-0.2, -0.15) is 5.10 Å². The molecule has 0 aliphatic carbocycles. The third-order valence-electron chi connectivity index (χ3n) is 4.58. The van der Waals surface area contributed by atoms with Gasteiger partial charge in [0.25, 0.3) is 0 Å². The van der Waals surface area contributed by atoms with E-state index < -0.39 is 0 Å². The Balaban J connectivity index is 1.65. The van der Waals surface area contributed by atoms with Gasteiger partial charge in [0.2, 0.25) is 0 Å². The first-order valence-corrected chi connectivity index (χ1v) is 9.79. The molecule has 0 spiro atoms. The van der Waals surface area contributed by atoms with Crippen LogP contribution in [0.1, 0.15) is 32.5 Å². The van der Waals surface area contributed by atoms with E-state index in [4.69, 9.17) is 5.10 Å². The van der Waals surface area contributed by atoms with Gasteiger partial charge in [0.15, 0.2) is 5.96 Å². The van der Waals surface area contributed by atoms with Crippen molar-refractivity contribution in [2.75, 3.05) is 7.05 Å². The van der Waals surface area contributed by atoms with E-state index >= 15 is 0 Å². The molecule has 0 radical (unpaired) electrons. The molecule has 0 saturated heterocycles. The quantitative estimate of drug-likeness (QED) is 0.524. The van der Waals surface area contributed by atoms with Crippen LogP contribution in [-0.2, 0) is 13.1 Å². The van der Waals surface area contributed by atoms with Gasteiger partial charge in [0.1, 0.15) is 5.01 Å². The minimum atomic E-state index is 0.667. The molecule has 0 atom stereocenters. The minimum absolute atomic E-state index is 0.667. The normalized spacial score (nSPS) is 11.7. The largest absolute Gasteiger partial charge is 0.352 e. The number of rotatable bonds is 5. The Labute approximate surface area is 164 Å². The second-order valence-corrected chi connectivity index (χ2v) is 7.71. The smallest absolute Gasteiger partial charge is 0.191 e. The monoisotopic (exact) mass is 382 g/mol.